The van der Waals surface area contributed by atoms with Crippen molar-refractivity contribution in [2.75, 3.05) is 21.3 Å². The molecule has 1 aliphatic carbocycles. The van der Waals surface area contributed by atoms with Crippen LogP contribution in [0.4, 0.5) is 5.69 Å². The maximum Gasteiger partial charge on any atom is 0.315 e. The Balaban J connectivity index is 1.94. The van der Waals surface area contributed by atoms with Gasteiger partial charge in [0.25, 0.3) is 5.69 Å². The lowest BCUT2D eigenvalue weighted by Gasteiger charge is -2.36. The number of Topliss-reactive ketones (excluding diaryl/α,β-unsaturated/α-hetero) is 1. The highest BCUT2D eigenvalue weighted by molar-refractivity contribution is 6.09. The van der Waals surface area contributed by atoms with Gasteiger partial charge < -0.3 is 14.2 Å². The average Bonchev–Trinajstić information content (AvgIpc) is 2.86. The number of methoxy groups -OCH3 is 3. The molecule has 1 heterocycles. The number of carbonyl (C=O) groups excluding carboxylic acids is 2. The second kappa shape index (κ2) is 9.69. The van der Waals surface area contributed by atoms with Gasteiger partial charge in [0.15, 0.2) is 17.3 Å². The fourth-order valence-electron chi connectivity index (χ4n) is 5.08. The largest absolute Gasteiger partial charge is 0.493 e. The van der Waals surface area contributed by atoms with E-state index < -0.39 is 22.7 Å². The molecule has 0 radical (unpaired) electrons. The molecule has 0 N–H and O–H groups in total. The van der Waals surface area contributed by atoms with E-state index in [1.54, 1.807) is 6.92 Å². The van der Waals surface area contributed by atoms with Gasteiger partial charge in [-0.2, -0.15) is 0 Å². The fraction of sp³-hybridized carbons (Fsp3) is 0.346. The number of ketones is 1. The molecule has 0 saturated heterocycles. The monoisotopic (exact) mass is 478 g/mol. The van der Waals surface area contributed by atoms with Crippen LogP contribution >= 0.6 is 0 Å². The van der Waals surface area contributed by atoms with E-state index in [1.807, 2.05) is 30.3 Å². The van der Waals surface area contributed by atoms with Gasteiger partial charge >= 0.3 is 5.97 Å². The predicted molar refractivity (Wildman–Crippen MR) is 128 cm³/mol. The minimum Gasteiger partial charge on any atom is -0.493 e. The van der Waals surface area contributed by atoms with Gasteiger partial charge in [-0.3, -0.25) is 24.7 Å². The van der Waals surface area contributed by atoms with Crippen molar-refractivity contribution in [1.29, 1.82) is 0 Å². The Morgan fingerprint density at radius 2 is 1.71 bits per heavy atom. The van der Waals surface area contributed by atoms with Gasteiger partial charge in [0, 0.05) is 34.9 Å². The zero-order valence-electron chi connectivity index (χ0n) is 19.9. The van der Waals surface area contributed by atoms with Crippen LogP contribution in [0.1, 0.15) is 42.7 Å². The van der Waals surface area contributed by atoms with E-state index in [0.29, 0.717) is 23.4 Å². The molecule has 2 aliphatic rings. The number of hydrogen-bond acceptors (Lipinski definition) is 8. The Kier molecular flexibility index (Phi) is 6.68. The highest BCUT2D eigenvalue weighted by Gasteiger charge is 2.47. The second-order valence-corrected chi connectivity index (χ2v) is 8.55. The van der Waals surface area contributed by atoms with E-state index in [9.17, 15) is 19.7 Å². The maximum atomic E-state index is 13.6. The number of ether oxygens (including phenoxy) is 3. The predicted octanol–water partition coefficient (Wildman–Crippen LogP) is 4.36. The van der Waals surface area contributed by atoms with Crippen molar-refractivity contribution < 1.29 is 28.7 Å². The number of allylic oxidation sites excluding steroid dienone is 2. The molecule has 182 valence electrons. The number of rotatable bonds is 6. The van der Waals surface area contributed by atoms with E-state index in [4.69, 9.17) is 14.2 Å². The first-order valence-corrected chi connectivity index (χ1v) is 11.1. The highest BCUT2D eigenvalue weighted by Crippen LogP contribution is 2.50. The Bertz CT molecular complexity index is 1250. The van der Waals surface area contributed by atoms with Crippen molar-refractivity contribution in [2.45, 2.75) is 31.6 Å². The van der Waals surface area contributed by atoms with Gasteiger partial charge in [0.05, 0.1) is 32.3 Å². The number of benzene rings is 2. The third kappa shape index (κ3) is 4.29. The van der Waals surface area contributed by atoms with Gasteiger partial charge in [-0.1, -0.05) is 30.3 Å². The van der Waals surface area contributed by atoms with Crippen LogP contribution in [0.15, 0.2) is 58.7 Å². The minimum absolute atomic E-state index is 0.0743. The summed E-state index contributed by atoms with van der Waals surface area (Å²) < 4.78 is 15.7. The normalized spacial score (nSPS) is 21.7. The van der Waals surface area contributed by atoms with Gasteiger partial charge in [-0.05, 0) is 30.9 Å². The van der Waals surface area contributed by atoms with Crippen molar-refractivity contribution in [3.05, 3.63) is 75.0 Å². The number of carbonyl (C=O) groups is 2. The van der Waals surface area contributed by atoms with E-state index >= 15 is 0 Å². The smallest absolute Gasteiger partial charge is 0.315 e. The molecule has 0 fully saturated rings. The molecule has 3 atom stereocenters. The van der Waals surface area contributed by atoms with E-state index in [2.05, 4.69) is 4.99 Å². The Hall–Kier alpha value is -4.01. The summed E-state index contributed by atoms with van der Waals surface area (Å²) in [6.45, 7) is 1.68. The van der Waals surface area contributed by atoms with Crippen LogP contribution in [0.3, 0.4) is 0 Å². The lowest BCUT2D eigenvalue weighted by atomic mass is 9.69. The lowest BCUT2D eigenvalue weighted by Crippen LogP contribution is -2.38. The summed E-state index contributed by atoms with van der Waals surface area (Å²) in [6, 6.07) is 12.4. The Labute approximate surface area is 202 Å². The first-order valence-electron chi connectivity index (χ1n) is 11.1. The van der Waals surface area contributed by atoms with Crippen LogP contribution in [0, 0.1) is 16.0 Å². The molecule has 0 amide bonds. The Morgan fingerprint density at radius 3 is 2.31 bits per heavy atom. The molecule has 0 saturated carbocycles. The molecular weight excluding hydrogens is 452 g/mol. The summed E-state index contributed by atoms with van der Waals surface area (Å²) in [5, 5.41) is 12.1. The molecule has 35 heavy (non-hydrogen) atoms. The first-order chi connectivity index (χ1) is 16.8. The molecule has 1 aliphatic heterocycles. The molecule has 9 heteroatoms. The van der Waals surface area contributed by atoms with E-state index in [1.165, 1.54) is 33.5 Å². The van der Waals surface area contributed by atoms with Crippen molar-refractivity contribution in [1.82, 2.24) is 0 Å². The molecule has 4 rings (SSSR count). The molecule has 0 spiro atoms. The fourth-order valence-corrected chi connectivity index (χ4v) is 5.08. The van der Waals surface area contributed by atoms with Crippen LogP contribution in [0.25, 0.3) is 0 Å². The highest BCUT2D eigenvalue weighted by atomic mass is 16.6. The average molecular weight is 479 g/mol. The summed E-state index contributed by atoms with van der Waals surface area (Å²) in [6.07, 6.45) is 0.691. The number of nitrogens with zero attached hydrogens (tertiary/aromatic N) is 2. The van der Waals surface area contributed by atoms with Crippen LogP contribution in [-0.4, -0.2) is 43.7 Å². The van der Waals surface area contributed by atoms with Crippen LogP contribution < -0.4 is 9.47 Å². The summed E-state index contributed by atoms with van der Waals surface area (Å²) in [4.78, 5) is 42.7. The SMILES string of the molecule is COC(=O)C1C(C)=NC2=C(C(=O)C[C@H](c3ccccc3)C2)[C@@H]1c1cc(OC)c(OC)cc1[N+](=O)[O-]. The van der Waals surface area contributed by atoms with Crippen molar-refractivity contribution in [2.24, 2.45) is 10.9 Å². The summed E-state index contributed by atoms with van der Waals surface area (Å²) in [7, 11) is 4.04. The third-order valence-corrected chi connectivity index (χ3v) is 6.68. The number of aliphatic imine (C=N–C) groups is 1. The molecule has 0 bridgehead atoms. The minimum atomic E-state index is -0.993. The molecule has 1 unspecified atom stereocenters. The first kappa shape index (κ1) is 24.1. The van der Waals surface area contributed by atoms with Crippen molar-refractivity contribution >= 4 is 23.2 Å². The quantitative estimate of drug-likeness (QED) is 0.344. The van der Waals surface area contributed by atoms with Crippen LogP contribution in [-0.2, 0) is 14.3 Å². The summed E-state index contributed by atoms with van der Waals surface area (Å²) in [5.41, 5.74) is 2.21. The second-order valence-electron chi connectivity index (χ2n) is 8.55. The van der Waals surface area contributed by atoms with Crippen LogP contribution in [0.2, 0.25) is 0 Å². The zero-order chi connectivity index (χ0) is 25.3. The third-order valence-electron chi connectivity index (χ3n) is 6.68. The molecular formula is C26H26N2O7. The molecule has 2 aromatic rings. The van der Waals surface area contributed by atoms with Crippen molar-refractivity contribution in [3.63, 3.8) is 0 Å². The van der Waals surface area contributed by atoms with Crippen molar-refractivity contribution in [3.8, 4) is 11.5 Å². The molecule has 2 aromatic carbocycles. The van der Waals surface area contributed by atoms with Gasteiger partial charge in [0.1, 0.15) is 5.92 Å². The zero-order valence-corrected chi connectivity index (χ0v) is 19.9. The van der Waals surface area contributed by atoms with Gasteiger partial charge in [-0.25, -0.2) is 0 Å². The van der Waals surface area contributed by atoms with Gasteiger partial charge in [0.2, 0.25) is 0 Å². The summed E-state index contributed by atoms with van der Waals surface area (Å²) >= 11 is 0. The van der Waals surface area contributed by atoms with E-state index in [0.717, 1.165) is 5.56 Å². The number of esters is 1. The lowest BCUT2D eigenvalue weighted by molar-refractivity contribution is -0.385. The standard InChI is InChI=1S/C26H26N2O7/c1-14-23(26(30)35-4)24(17-12-21(33-2)22(34-3)13-19(17)28(31)32)25-18(27-14)10-16(11-20(25)29)15-8-6-5-7-9-15/h5-9,12-13,16,23-24H,10-11H2,1-4H3/t16-,23?,24-/m1/s1. The topological polar surface area (TPSA) is 117 Å². The number of nitro groups is 1. The van der Waals surface area contributed by atoms with Crippen LogP contribution in [0.5, 0.6) is 11.5 Å². The number of hydrogen-bond donors (Lipinski definition) is 0. The number of nitro benzene ring substituents is 1. The van der Waals surface area contributed by atoms with E-state index in [-0.39, 0.29) is 40.9 Å². The molecule has 0 aromatic heterocycles. The molecule has 9 nitrogen and oxygen atoms in total. The summed E-state index contributed by atoms with van der Waals surface area (Å²) in [5.74, 6) is -2.40. The Morgan fingerprint density at radius 1 is 1.06 bits per heavy atom. The maximum absolute atomic E-state index is 13.6. The van der Waals surface area contributed by atoms with Gasteiger partial charge in [-0.15, -0.1) is 0 Å².